The third-order valence-corrected chi connectivity index (χ3v) is 14.7. The van der Waals surface area contributed by atoms with Gasteiger partial charge in [-0.05, 0) is 119 Å². The molecule has 0 spiro atoms. The quantitative estimate of drug-likeness (QED) is 0.234. The van der Waals surface area contributed by atoms with Crippen LogP contribution < -0.4 is 29.0 Å². The van der Waals surface area contributed by atoms with Crippen LogP contribution in [0.2, 0.25) is 0 Å². The first kappa shape index (κ1) is 44.0. The normalized spacial score (nSPS) is 28.1. The Balaban J connectivity index is 1.19. The van der Waals surface area contributed by atoms with Crippen LogP contribution in [0.25, 0.3) is 22.0 Å². The summed E-state index contributed by atoms with van der Waals surface area (Å²) in [5.74, 6) is -0.893. The van der Waals surface area contributed by atoms with E-state index in [1.807, 2.05) is 55.5 Å². The minimum atomic E-state index is -3.95. The lowest BCUT2D eigenvalue weighted by Gasteiger charge is -2.43. The Morgan fingerprint density at radius 1 is 1.02 bits per heavy atom. The molecule has 8 rings (SSSR count). The second kappa shape index (κ2) is 16.8. The summed E-state index contributed by atoms with van der Waals surface area (Å²) in [6.45, 7) is 9.86. The van der Waals surface area contributed by atoms with E-state index in [1.165, 1.54) is 9.80 Å². The molecule has 4 amide bonds. The fraction of sp³-hybridized carbons (Fsp3) is 0.543. The molecule has 17 heteroatoms. The van der Waals surface area contributed by atoms with Gasteiger partial charge in [0.15, 0.2) is 11.5 Å². The molecule has 0 unspecified atom stereocenters. The Bertz CT molecular complexity index is 2450. The molecule has 63 heavy (non-hydrogen) atoms. The third-order valence-electron chi connectivity index (χ3n) is 12.9. The van der Waals surface area contributed by atoms with Crippen molar-refractivity contribution in [1.82, 2.24) is 24.8 Å². The second-order valence-electron chi connectivity index (χ2n) is 18.8. The van der Waals surface area contributed by atoms with Crippen LogP contribution >= 0.6 is 0 Å². The van der Waals surface area contributed by atoms with E-state index in [0.717, 1.165) is 17.4 Å². The van der Waals surface area contributed by atoms with E-state index >= 15 is 4.79 Å². The monoisotopic (exact) mass is 887 g/mol. The predicted molar refractivity (Wildman–Crippen MR) is 233 cm³/mol. The maximum atomic E-state index is 15.3. The molecular formula is C46H57N5O11S. The number of fused-ring (bicyclic) bond motifs is 4. The van der Waals surface area contributed by atoms with Gasteiger partial charge < -0.3 is 34.3 Å². The highest BCUT2D eigenvalue weighted by Gasteiger charge is 2.62. The number of benzene rings is 2. The molecule has 3 N–H and O–H groups in total. The summed E-state index contributed by atoms with van der Waals surface area (Å²) in [5, 5.41) is 14.4. The van der Waals surface area contributed by atoms with Crippen LogP contribution in [0.1, 0.15) is 79.6 Å². The Hall–Kier alpha value is -5.58. The zero-order valence-corrected chi connectivity index (χ0v) is 37.4. The zero-order chi connectivity index (χ0) is 45.0. The van der Waals surface area contributed by atoms with Crippen molar-refractivity contribution < 1.29 is 51.6 Å². The van der Waals surface area contributed by atoms with Crippen molar-refractivity contribution in [3.8, 4) is 34.4 Å². The van der Waals surface area contributed by atoms with Crippen molar-refractivity contribution in [2.45, 2.75) is 114 Å². The highest BCUT2D eigenvalue weighted by atomic mass is 32.2. The van der Waals surface area contributed by atoms with E-state index in [9.17, 15) is 27.9 Å². The Labute approximate surface area is 367 Å². The summed E-state index contributed by atoms with van der Waals surface area (Å²) in [5.41, 5.74) is -1.30. The molecule has 2 aromatic carbocycles. The highest BCUT2D eigenvalue weighted by molar-refractivity contribution is 7.91. The zero-order valence-electron chi connectivity index (χ0n) is 36.6. The van der Waals surface area contributed by atoms with Crippen molar-refractivity contribution in [3.05, 3.63) is 54.6 Å². The summed E-state index contributed by atoms with van der Waals surface area (Å²) >= 11 is 0. The van der Waals surface area contributed by atoms with Gasteiger partial charge in [0.25, 0.3) is 5.91 Å². The number of amides is 4. The predicted octanol–water partition coefficient (Wildman–Crippen LogP) is 5.67. The lowest BCUT2D eigenvalue weighted by Crippen LogP contribution is -2.62. The molecule has 3 aliphatic heterocycles. The van der Waals surface area contributed by atoms with E-state index in [4.69, 9.17) is 23.9 Å². The van der Waals surface area contributed by atoms with Crippen LogP contribution in [0.4, 0.5) is 4.79 Å². The summed E-state index contributed by atoms with van der Waals surface area (Å²) in [7, 11) is -2.38. The minimum absolute atomic E-state index is 0.0379. The molecule has 2 aliphatic carbocycles. The average Bonchev–Trinajstić information content (AvgIpc) is 4.16. The van der Waals surface area contributed by atoms with Gasteiger partial charge in [0.05, 0.1) is 24.6 Å². The molecule has 7 atom stereocenters. The number of hydrogen-bond donors (Lipinski definition) is 3. The van der Waals surface area contributed by atoms with Crippen molar-refractivity contribution in [1.29, 1.82) is 0 Å². The number of pyridine rings is 1. The summed E-state index contributed by atoms with van der Waals surface area (Å²) < 4.78 is 52.2. The fourth-order valence-corrected chi connectivity index (χ4v) is 10.8. The molecule has 4 heterocycles. The van der Waals surface area contributed by atoms with Gasteiger partial charge in [-0.25, -0.2) is 18.2 Å². The van der Waals surface area contributed by atoms with Crippen LogP contribution in [0.3, 0.4) is 0 Å². The molecule has 0 radical (unpaired) electrons. The molecule has 1 saturated heterocycles. The number of hydrogen-bond acceptors (Lipinski definition) is 11. The number of carbonyl (C=O) groups is 4. The molecular weight excluding hydrogens is 831 g/mol. The summed E-state index contributed by atoms with van der Waals surface area (Å²) in [6.07, 6.45) is 4.61. The number of nitrogens with zero attached hydrogens (tertiary/aromatic N) is 3. The van der Waals surface area contributed by atoms with E-state index in [-0.39, 0.29) is 31.2 Å². The number of sulfonamides is 1. The number of carboxylic acid groups (broad SMARTS) is 1. The molecule has 338 valence electrons. The minimum Gasteiger partial charge on any atom is -0.497 e. The topological polar surface area (TPSA) is 203 Å². The maximum Gasteiger partial charge on any atom is 0.408 e. The standard InChI is InChI=1S/C46H57N5O11S/c1-26-9-7-8-10-30-24-46(30,43(54)49-63(57,58)33-13-14-33)48-40(52)36-23-32(25-50(36)42(53)39(27(2)19-26)51(44(55)56)45(3,4)5)62-41-34-15-12-31(59-6)20-29(34)21-35(47-41)28-11-16-37-38(22-28)61-18-17-60-37/h8,10-12,15-16,20-22,26-27,30,32-33,36,39H,7,9,13-14,17-19,23-25H2,1-6H3,(H,48,52)(H,49,54)(H,55,56)/b10-8-/t26-,27+,30+,32+,36-,39-,46+/m0/s1. The first-order chi connectivity index (χ1) is 29.9. The number of aromatic nitrogens is 1. The van der Waals surface area contributed by atoms with Crippen LogP contribution in [0.5, 0.6) is 23.1 Å². The molecule has 1 aromatic heterocycles. The Kier molecular flexibility index (Phi) is 11.8. The van der Waals surface area contributed by atoms with Crippen LogP contribution in [0.15, 0.2) is 54.6 Å². The van der Waals surface area contributed by atoms with Gasteiger partial charge in [0.1, 0.15) is 42.7 Å². The number of methoxy groups -OCH3 is 1. The summed E-state index contributed by atoms with van der Waals surface area (Å²) in [6, 6.07) is 10.5. The molecule has 0 bridgehead atoms. The first-order valence-electron chi connectivity index (χ1n) is 21.8. The average molecular weight is 888 g/mol. The molecule has 16 nitrogen and oxygen atoms in total. The highest BCUT2D eigenvalue weighted by Crippen LogP contribution is 2.47. The van der Waals surface area contributed by atoms with Gasteiger partial charge in [-0.15, -0.1) is 0 Å². The molecule has 3 aromatic rings. The van der Waals surface area contributed by atoms with Crippen molar-refractivity contribution >= 4 is 44.6 Å². The van der Waals surface area contributed by atoms with E-state index in [2.05, 4.69) is 17.0 Å². The largest absolute Gasteiger partial charge is 0.497 e. The number of nitrogens with one attached hydrogen (secondary N) is 2. The number of ether oxygens (including phenoxy) is 4. The smallest absolute Gasteiger partial charge is 0.408 e. The third kappa shape index (κ3) is 8.98. The maximum absolute atomic E-state index is 15.3. The van der Waals surface area contributed by atoms with E-state index in [1.54, 1.807) is 33.9 Å². The number of allylic oxidation sites excluding steroid dienone is 1. The van der Waals surface area contributed by atoms with Gasteiger partial charge in [0, 0.05) is 28.8 Å². The number of rotatable bonds is 8. The van der Waals surface area contributed by atoms with E-state index in [0.29, 0.717) is 67.2 Å². The van der Waals surface area contributed by atoms with Gasteiger partial charge >= 0.3 is 6.09 Å². The van der Waals surface area contributed by atoms with Crippen molar-refractivity contribution in [2.75, 3.05) is 26.9 Å². The molecule has 2 saturated carbocycles. The fourth-order valence-electron chi connectivity index (χ4n) is 9.40. The van der Waals surface area contributed by atoms with Gasteiger partial charge in [-0.1, -0.05) is 26.0 Å². The molecule has 5 aliphatic rings. The Morgan fingerprint density at radius 3 is 2.46 bits per heavy atom. The van der Waals surface area contributed by atoms with Crippen LogP contribution in [0, 0.1) is 17.8 Å². The van der Waals surface area contributed by atoms with Crippen molar-refractivity contribution in [3.63, 3.8) is 0 Å². The SMILES string of the molecule is COc1ccc2c(O[C@@H]3C[C@H]4C(=O)N[C@]5(C(=O)NS(=O)(=O)C6CC6)C[C@H]5/C=C\CC[C@H](C)C[C@@H](C)[C@H](N(C(=O)O)C(C)(C)C)C(=O)N4C3)nc(-c3ccc4c(c3)OCCO4)cc2c1. The molecule has 3 fully saturated rings. The van der Waals surface area contributed by atoms with Crippen LogP contribution in [-0.2, 0) is 24.4 Å². The lowest BCUT2D eigenvalue weighted by atomic mass is 9.85. The second-order valence-corrected chi connectivity index (χ2v) is 20.7. The van der Waals surface area contributed by atoms with Crippen LogP contribution in [-0.4, -0.2) is 114 Å². The Morgan fingerprint density at radius 2 is 1.76 bits per heavy atom. The lowest BCUT2D eigenvalue weighted by molar-refractivity contribution is -0.146. The van der Waals surface area contributed by atoms with Gasteiger partial charge in [0.2, 0.25) is 27.7 Å². The van der Waals surface area contributed by atoms with Crippen molar-refractivity contribution in [2.24, 2.45) is 17.8 Å². The van der Waals surface area contributed by atoms with Gasteiger partial charge in [-0.3, -0.25) is 24.0 Å². The van der Waals surface area contributed by atoms with E-state index < -0.39 is 80.2 Å². The van der Waals surface area contributed by atoms with Gasteiger partial charge in [-0.2, -0.15) is 0 Å². The first-order valence-corrected chi connectivity index (χ1v) is 23.4. The summed E-state index contributed by atoms with van der Waals surface area (Å²) in [4.78, 5) is 64.8. The number of carbonyl (C=O) groups excluding carboxylic acids is 3.